The highest BCUT2D eigenvalue weighted by molar-refractivity contribution is 5.38. The lowest BCUT2D eigenvalue weighted by atomic mass is 9.50. The highest BCUT2D eigenvalue weighted by atomic mass is 16.3. The molecule has 30 heavy (non-hydrogen) atoms. The molecule has 0 bridgehead atoms. The number of rotatable bonds is 5. The van der Waals surface area contributed by atoms with E-state index in [0.29, 0.717) is 35.5 Å². The van der Waals surface area contributed by atoms with Gasteiger partial charge in [-0.1, -0.05) is 44.1 Å². The maximum atomic E-state index is 10.6. The van der Waals surface area contributed by atoms with Crippen LogP contribution in [0.2, 0.25) is 0 Å². The first kappa shape index (κ1) is 22.6. The molecule has 4 aliphatic carbocycles. The van der Waals surface area contributed by atoms with Crippen molar-refractivity contribution in [3.8, 4) is 0 Å². The van der Waals surface area contributed by atoms with Crippen molar-refractivity contribution in [3.63, 3.8) is 0 Å². The molecule has 0 aromatic heterocycles. The van der Waals surface area contributed by atoms with E-state index in [2.05, 4.69) is 32.9 Å². The number of aliphatic hydroxyl groups is 3. The molecule has 0 aromatic carbocycles. The van der Waals surface area contributed by atoms with Gasteiger partial charge in [-0.3, -0.25) is 0 Å². The number of hydrogen-bond donors (Lipinski definition) is 3. The summed E-state index contributed by atoms with van der Waals surface area (Å²) in [5.74, 6) is 2.44. The van der Waals surface area contributed by atoms with Gasteiger partial charge in [0.05, 0.1) is 17.8 Å². The number of fused-ring (bicyclic) bond motifs is 5. The van der Waals surface area contributed by atoms with Crippen LogP contribution in [0.3, 0.4) is 0 Å². The van der Waals surface area contributed by atoms with Crippen molar-refractivity contribution in [2.75, 3.05) is 0 Å². The Kier molecular flexibility index (Phi) is 5.82. The average Bonchev–Trinajstić information content (AvgIpc) is 2.98. The zero-order chi connectivity index (χ0) is 21.9. The third kappa shape index (κ3) is 3.84. The van der Waals surface area contributed by atoms with Crippen molar-refractivity contribution in [1.29, 1.82) is 0 Å². The van der Waals surface area contributed by atoms with E-state index in [1.807, 2.05) is 0 Å². The van der Waals surface area contributed by atoms with Crippen LogP contribution < -0.4 is 0 Å². The Balaban J connectivity index is 1.52. The first-order chi connectivity index (χ1) is 13.9. The quantitative estimate of drug-likeness (QED) is 0.563. The van der Waals surface area contributed by atoms with Gasteiger partial charge in [0, 0.05) is 6.42 Å². The van der Waals surface area contributed by atoms with Crippen LogP contribution in [0, 0.1) is 34.5 Å². The van der Waals surface area contributed by atoms with Gasteiger partial charge in [0.25, 0.3) is 0 Å². The molecule has 0 amide bonds. The van der Waals surface area contributed by atoms with Crippen LogP contribution in [0.4, 0.5) is 0 Å². The lowest BCUT2D eigenvalue weighted by molar-refractivity contribution is -0.00489. The van der Waals surface area contributed by atoms with Crippen LogP contribution in [-0.2, 0) is 0 Å². The summed E-state index contributed by atoms with van der Waals surface area (Å²) in [6, 6.07) is 0. The molecular formula is C27H44O3. The van der Waals surface area contributed by atoms with Gasteiger partial charge in [-0.2, -0.15) is 0 Å². The van der Waals surface area contributed by atoms with Crippen LogP contribution in [0.5, 0.6) is 0 Å². The SMILES string of the molecule is C[C@H](C[C@@H](O)CC(C)(C)O)[C@H]1CC[C@H]2C3=CC=C4C[C@@H](O)CC[C@]4(C)[C@H]3CC[C@]12C. The van der Waals surface area contributed by atoms with Crippen molar-refractivity contribution in [2.24, 2.45) is 34.5 Å². The minimum Gasteiger partial charge on any atom is -0.393 e. The summed E-state index contributed by atoms with van der Waals surface area (Å²) in [4.78, 5) is 0. The Morgan fingerprint density at radius 2 is 1.80 bits per heavy atom. The van der Waals surface area contributed by atoms with Gasteiger partial charge in [0.1, 0.15) is 0 Å². The molecule has 0 spiro atoms. The Bertz CT molecular complexity index is 716. The maximum absolute atomic E-state index is 10.6. The zero-order valence-electron chi connectivity index (χ0n) is 19.8. The van der Waals surface area contributed by atoms with E-state index in [4.69, 9.17) is 0 Å². The number of allylic oxidation sites excluding steroid dienone is 3. The molecule has 4 rings (SSSR count). The molecule has 0 aliphatic heterocycles. The van der Waals surface area contributed by atoms with Gasteiger partial charge in [-0.15, -0.1) is 0 Å². The average molecular weight is 417 g/mol. The van der Waals surface area contributed by atoms with E-state index in [0.717, 1.165) is 25.7 Å². The lowest BCUT2D eigenvalue weighted by Crippen LogP contribution is -2.46. The smallest absolute Gasteiger partial charge is 0.0616 e. The summed E-state index contributed by atoms with van der Waals surface area (Å²) in [5, 5.41) is 30.8. The summed E-state index contributed by atoms with van der Waals surface area (Å²) in [6.07, 6.45) is 13.5. The molecule has 8 atom stereocenters. The molecule has 3 heteroatoms. The summed E-state index contributed by atoms with van der Waals surface area (Å²) >= 11 is 0. The molecule has 170 valence electrons. The van der Waals surface area contributed by atoms with Crippen molar-refractivity contribution in [2.45, 2.75) is 110 Å². The molecule has 0 aromatic rings. The topological polar surface area (TPSA) is 60.7 Å². The lowest BCUT2D eigenvalue weighted by Gasteiger charge is -2.55. The molecule has 0 saturated heterocycles. The van der Waals surface area contributed by atoms with Crippen molar-refractivity contribution >= 4 is 0 Å². The first-order valence-corrected chi connectivity index (χ1v) is 12.4. The van der Waals surface area contributed by atoms with E-state index in [-0.39, 0.29) is 11.5 Å². The molecule has 3 N–H and O–H groups in total. The minimum absolute atomic E-state index is 0.153. The standard InChI is InChI=1S/C27H44O3/c1-17(14-20(29)16-25(2,3)30)22-8-9-23-21-7-6-18-15-19(28)10-12-26(18,4)24(21)11-13-27(22,23)5/h6-7,17,19-20,22-24,28-30H,8-16H2,1-5H3/t17-,19+,20-,22-,23+,24+,26+,27-/m1/s1. The van der Waals surface area contributed by atoms with Gasteiger partial charge >= 0.3 is 0 Å². The zero-order valence-corrected chi connectivity index (χ0v) is 19.8. The highest BCUT2D eigenvalue weighted by Gasteiger charge is 2.57. The third-order valence-corrected chi connectivity index (χ3v) is 9.68. The fourth-order valence-electron chi connectivity index (χ4n) is 8.21. The second-order valence-electron chi connectivity index (χ2n) is 12.4. The fraction of sp³-hybridized carbons (Fsp3) is 0.852. The van der Waals surface area contributed by atoms with Gasteiger partial charge in [-0.25, -0.2) is 0 Å². The highest BCUT2D eigenvalue weighted by Crippen LogP contribution is 2.66. The maximum Gasteiger partial charge on any atom is 0.0616 e. The fourth-order valence-corrected chi connectivity index (χ4v) is 8.21. The number of hydrogen-bond acceptors (Lipinski definition) is 3. The second kappa shape index (κ2) is 7.74. The van der Waals surface area contributed by atoms with E-state index in [1.165, 1.54) is 31.3 Å². The van der Waals surface area contributed by atoms with Crippen LogP contribution >= 0.6 is 0 Å². The summed E-state index contributed by atoms with van der Waals surface area (Å²) in [7, 11) is 0. The first-order valence-electron chi connectivity index (χ1n) is 12.4. The Morgan fingerprint density at radius 3 is 2.50 bits per heavy atom. The number of aliphatic hydroxyl groups excluding tert-OH is 2. The van der Waals surface area contributed by atoms with Gasteiger partial charge < -0.3 is 15.3 Å². The molecule has 3 nitrogen and oxygen atoms in total. The van der Waals surface area contributed by atoms with Gasteiger partial charge in [0.15, 0.2) is 0 Å². The van der Waals surface area contributed by atoms with Gasteiger partial charge in [0.2, 0.25) is 0 Å². The van der Waals surface area contributed by atoms with Crippen molar-refractivity contribution < 1.29 is 15.3 Å². The van der Waals surface area contributed by atoms with Crippen LogP contribution in [0.25, 0.3) is 0 Å². The van der Waals surface area contributed by atoms with E-state index >= 15 is 0 Å². The van der Waals surface area contributed by atoms with Gasteiger partial charge in [-0.05, 0) is 99.7 Å². The normalized spacial score (nSPS) is 43.1. The molecular weight excluding hydrogens is 372 g/mol. The van der Waals surface area contributed by atoms with Crippen LogP contribution in [0.15, 0.2) is 23.3 Å². The molecule has 0 heterocycles. The second-order valence-corrected chi connectivity index (χ2v) is 12.4. The Hall–Kier alpha value is -0.640. The monoisotopic (exact) mass is 416 g/mol. The summed E-state index contributed by atoms with van der Waals surface area (Å²) in [5.41, 5.74) is 2.94. The molecule has 3 fully saturated rings. The molecule has 3 saturated carbocycles. The van der Waals surface area contributed by atoms with E-state index in [9.17, 15) is 15.3 Å². The molecule has 0 unspecified atom stereocenters. The third-order valence-electron chi connectivity index (χ3n) is 9.68. The Labute approximate surface area is 183 Å². The minimum atomic E-state index is -0.806. The van der Waals surface area contributed by atoms with E-state index < -0.39 is 11.7 Å². The predicted molar refractivity (Wildman–Crippen MR) is 122 cm³/mol. The molecule has 0 radical (unpaired) electrons. The van der Waals surface area contributed by atoms with Crippen LogP contribution in [-0.4, -0.2) is 33.1 Å². The largest absolute Gasteiger partial charge is 0.393 e. The molecule has 4 aliphatic rings. The summed E-state index contributed by atoms with van der Waals surface area (Å²) in [6.45, 7) is 10.9. The Morgan fingerprint density at radius 1 is 1.07 bits per heavy atom. The van der Waals surface area contributed by atoms with Crippen LogP contribution in [0.1, 0.15) is 92.4 Å². The predicted octanol–water partition coefficient (Wildman–Crippen LogP) is 5.39. The van der Waals surface area contributed by atoms with Crippen molar-refractivity contribution in [3.05, 3.63) is 23.3 Å². The summed E-state index contributed by atoms with van der Waals surface area (Å²) < 4.78 is 0. The van der Waals surface area contributed by atoms with E-state index in [1.54, 1.807) is 19.4 Å². The van der Waals surface area contributed by atoms with Crippen molar-refractivity contribution in [1.82, 2.24) is 0 Å².